The van der Waals surface area contributed by atoms with E-state index in [1.165, 1.54) is 24.3 Å². The molecule has 0 atom stereocenters. The van der Waals surface area contributed by atoms with Gasteiger partial charge in [-0.1, -0.05) is 35.9 Å². The van der Waals surface area contributed by atoms with E-state index < -0.39 is 10.0 Å². The van der Waals surface area contributed by atoms with E-state index >= 15 is 0 Å². The van der Waals surface area contributed by atoms with Gasteiger partial charge in [0.1, 0.15) is 10.6 Å². The molecule has 7 heteroatoms. The van der Waals surface area contributed by atoms with Crippen molar-refractivity contribution in [2.24, 2.45) is 0 Å². The molecule has 2 aromatic rings. The topological polar surface area (TPSA) is 55.4 Å². The number of hydrogen-bond acceptors (Lipinski definition) is 4. The van der Waals surface area contributed by atoms with E-state index in [1.54, 1.807) is 23.9 Å². The largest absolute Gasteiger partial charge is 0.495 e. The van der Waals surface area contributed by atoms with Crippen LogP contribution in [0.25, 0.3) is 0 Å². The van der Waals surface area contributed by atoms with Crippen LogP contribution >= 0.6 is 23.4 Å². The Morgan fingerprint density at radius 3 is 2.67 bits per heavy atom. The maximum Gasteiger partial charge on any atom is 0.244 e. The lowest BCUT2D eigenvalue weighted by atomic mass is 10.1. The normalized spacial score (nSPS) is 11.5. The van der Waals surface area contributed by atoms with E-state index in [0.717, 1.165) is 5.75 Å². The van der Waals surface area contributed by atoms with Crippen molar-refractivity contribution in [2.75, 3.05) is 19.4 Å². The van der Waals surface area contributed by atoms with Crippen LogP contribution in [0, 0.1) is 6.92 Å². The van der Waals surface area contributed by atoms with Gasteiger partial charge in [0, 0.05) is 23.1 Å². The molecule has 24 heavy (non-hydrogen) atoms. The molecule has 0 amide bonds. The molecule has 1 N–H and O–H groups in total. The highest BCUT2D eigenvalue weighted by Crippen LogP contribution is 2.26. The third kappa shape index (κ3) is 5.14. The second-order valence-electron chi connectivity index (χ2n) is 5.17. The number of sulfonamides is 1. The van der Waals surface area contributed by atoms with Crippen LogP contribution in [0.5, 0.6) is 5.75 Å². The number of nitrogens with one attached hydrogen (secondary N) is 1. The fourth-order valence-corrected chi connectivity index (χ4v) is 4.67. The second kappa shape index (κ2) is 8.76. The van der Waals surface area contributed by atoms with Crippen molar-refractivity contribution in [2.45, 2.75) is 17.6 Å². The summed E-state index contributed by atoms with van der Waals surface area (Å²) in [5.41, 5.74) is 2.51. The van der Waals surface area contributed by atoms with Gasteiger partial charge in [-0.3, -0.25) is 0 Å². The van der Waals surface area contributed by atoms with Crippen LogP contribution in [0.2, 0.25) is 5.02 Å². The predicted molar refractivity (Wildman–Crippen MR) is 101 cm³/mol. The number of aryl methyl sites for hydroxylation is 1. The first kappa shape index (κ1) is 19.1. The summed E-state index contributed by atoms with van der Waals surface area (Å²) >= 11 is 7.58. The molecule has 0 unspecified atom stereocenters. The summed E-state index contributed by atoms with van der Waals surface area (Å²) in [5, 5.41) is 0.352. The van der Waals surface area contributed by atoms with E-state index in [4.69, 9.17) is 16.3 Å². The predicted octanol–water partition coefficient (Wildman–Crippen LogP) is 3.87. The van der Waals surface area contributed by atoms with Crippen molar-refractivity contribution in [3.05, 3.63) is 58.6 Å². The molecule has 0 aliphatic heterocycles. The SMILES string of the molecule is COc1ccc(Cl)cc1S(=O)(=O)NCCSCc1ccccc1C. The van der Waals surface area contributed by atoms with Crippen LogP contribution in [0.3, 0.4) is 0 Å². The molecular formula is C17H20ClNO3S2. The van der Waals surface area contributed by atoms with Gasteiger partial charge in [0.15, 0.2) is 0 Å². The molecule has 0 radical (unpaired) electrons. The summed E-state index contributed by atoms with van der Waals surface area (Å²) in [6, 6.07) is 12.7. The van der Waals surface area contributed by atoms with E-state index in [9.17, 15) is 8.42 Å². The van der Waals surface area contributed by atoms with E-state index in [2.05, 4.69) is 23.8 Å². The number of halogens is 1. The van der Waals surface area contributed by atoms with Gasteiger partial charge in [0.05, 0.1) is 7.11 Å². The van der Waals surface area contributed by atoms with E-state index in [1.807, 2.05) is 12.1 Å². The fourth-order valence-electron chi connectivity index (χ4n) is 2.14. The fraction of sp³-hybridized carbons (Fsp3) is 0.294. The number of rotatable bonds is 8. The minimum atomic E-state index is -3.65. The zero-order chi connectivity index (χ0) is 17.6. The Balaban J connectivity index is 1.90. The van der Waals surface area contributed by atoms with Crippen LogP contribution in [0.4, 0.5) is 0 Å². The number of hydrogen-bond donors (Lipinski definition) is 1. The standard InChI is InChI=1S/C17H20ClNO3S2/c1-13-5-3-4-6-14(13)12-23-10-9-19-24(20,21)17-11-15(18)7-8-16(17)22-2/h3-8,11,19H,9-10,12H2,1-2H3. The van der Waals surface area contributed by atoms with Crippen molar-refractivity contribution in [1.82, 2.24) is 4.72 Å². The smallest absolute Gasteiger partial charge is 0.244 e. The molecule has 0 saturated heterocycles. The third-order valence-electron chi connectivity index (χ3n) is 3.47. The molecule has 2 rings (SSSR count). The molecule has 0 saturated carbocycles. The summed E-state index contributed by atoms with van der Waals surface area (Å²) in [4.78, 5) is 0.0569. The van der Waals surface area contributed by atoms with Crippen molar-refractivity contribution < 1.29 is 13.2 Å². The lowest BCUT2D eigenvalue weighted by Crippen LogP contribution is -2.26. The number of ether oxygens (including phenoxy) is 1. The molecule has 0 aliphatic carbocycles. The van der Waals surface area contributed by atoms with Crippen molar-refractivity contribution in [3.63, 3.8) is 0 Å². The highest BCUT2D eigenvalue weighted by Gasteiger charge is 2.19. The summed E-state index contributed by atoms with van der Waals surface area (Å²) in [6.07, 6.45) is 0. The Kier molecular flexibility index (Phi) is 6.98. The summed E-state index contributed by atoms with van der Waals surface area (Å²) in [5.74, 6) is 1.81. The lowest BCUT2D eigenvalue weighted by Gasteiger charge is -2.11. The van der Waals surface area contributed by atoms with Crippen LogP contribution in [0.15, 0.2) is 47.4 Å². The van der Waals surface area contributed by atoms with E-state index in [-0.39, 0.29) is 10.6 Å². The molecule has 0 heterocycles. The van der Waals surface area contributed by atoms with Gasteiger partial charge in [0.25, 0.3) is 0 Å². The number of benzene rings is 2. The summed E-state index contributed by atoms with van der Waals surface area (Å²) < 4.78 is 32.5. The average Bonchev–Trinajstić information content (AvgIpc) is 2.56. The van der Waals surface area contributed by atoms with E-state index in [0.29, 0.717) is 17.3 Å². The zero-order valence-corrected chi connectivity index (χ0v) is 16.0. The second-order valence-corrected chi connectivity index (χ2v) is 8.45. The first-order valence-electron chi connectivity index (χ1n) is 7.39. The maximum absolute atomic E-state index is 12.4. The Hall–Kier alpha value is -1.21. The molecule has 0 aromatic heterocycles. The van der Waals surface area contributed by atoms with Crippen LogP contribution in [-0.4, -0.2) is 27.8 Å². The van der Waals surface area contributed by atoms with Gasteiger partial charge >= 0.3 is 0 Å². The lowest BCUT2D eigenvalue weighted by molar-refractivity contribution is 0.402. The molecule has 0 fully saturated rings. The van der Waals surface area contributed by atoms with Crippen LogP contribution < -0.4 is 9.46 Å². The summed E-state index contributed by atoms with van der Waals surface area (Å²) in [6.45, 7) is 2.42. The Morgan fingerprint density at radius 1 is 1.21 bits per heavy atom. The highest BCUT2D eigenvalue weighted by molar-refractivity contribution is 7.98. The Bertz CT molecular complexity index is 794. The zero-order valence-electron chi connectivity index (χ0n) is 13.6. The summed E-state index contributed by atoms with van der Waals surface area (Å²) in [7, 11) is -2.22. The molecule has 0 aliphatic rings. The number of thioether (sulfide) groups is 1. The molecule has 130 valence electrons. The number of methoxy groups -OCH3 is 1. The van der Waals surface area contributed by atoms with Gasteiger partial charge in [-0.05, 0) is 36.2 Å². The van der Waals surface area contributed by atoms with Crippen molar-refractivity contribution >= 4 is 33.4 Å². The Labute approximate surface area is 152 Å². The van der Waals surface area contributed by atoms with Crippen LogP contribution in [0.1, 0.15) is 11.1 Å². The van der Waals surface area contributed by atoms with Gasteiger partial charge in [-0.25, -0.2) is 13.1 Å². The van der Waals surface area contributed by atoms with Crippen molar-refractivity contribution in [1.29, 1.82) is 0 Å². The molecule has 0 bridgehead atoms. The Morgan fingerprint density at radius 2 is 1.96 bits per heavy atom. The van der Waals surface area contributed by atoms with Gasteiger partial charge in [-0.15, -0.1) is 0 Å². The average molecular weight is 386 g/mol. The van der Waals surface area contributed by atoms with Gasteiger partial charge in [0.2, 0.25) is 10.0 Å². The first-order valence-corrected chi connectivity index (χ1v) is 10.4. The van der Waals surface area contributed by atoms with Gasteiger partial charge < -0.3 is 4.74 Å². The molecule has 0 spiro atoms. The third-order valence-corrected chi connectivity index (χ3v) is 6.20. The quantitative estimate of drug-likeness (QED) is 0.701. The van der Waals surface area contributed by atoms with Crippen LogP contribution in [-0.2, 0) is 15.8 Å². The minimum Gasteiger partial charge on any atom is -0.495 e. The van der Waals surface area contributed by atoms with Gasteiger partial charge in [-0.2, -0.15) is 11.8 Å². The minimum absolute atomic E-state index is 0.0569. The maximum atomic E-state index is 12.4. The molecule has 4 nitrogen and oxygen atoms in total. The molecule has 2 aromatic carbocycles. The first-order chi connectivity index (χ1) is 11.4. The highest BCUT2D eigenvalue weighted by atomic mass is 35.5. The monoisotopic (exact) mass is 385 g/mol. The van der Waals surface area contributed by atoms with Crippen molar-refractivity contribution in [3.8, 4) is 5.75 Å². The molecular weight excluding hydrogens is 366 g/mol.